The van der Waals surface area contributed by atoms with E-state index in [1.165, 1.54) is 18.2 Å². The number of esters is 1. The Bertz CT molecular complexity index is 755. The average Bonchev–Trinajstić information content (AvgIpc) is 2.58. The van der Waals surface area contributed by atoms with Crippen LogP contribution < -0.4 is 5.32 Å². The Labute approximate surface area is 142 Å². The molecular weight excluding hydrogens is 335 g/mol. The van der Waals surface area contributed by atoms with E-state index in [1.807, 2.05) is 6.92 Å². The molecule has 0 aliphatic rings. The highest BCUT2D eigenvalue weighted by Crippen LogP contribution is 2.32. The van der Waals surface area contributed by atoms with Crippen molar-refractivity contribution in [3.63, 3.8) is 0 Å². The second kappa shape index (κ2) is 7.83. The number of halogens is 3. The van der Waals surface area contributed by atoms with Gasteiger partial charge in [0.05, 0.1) is 5.56 Å². The maximum absolute atomic E-state index is 12.8. The van der Waals surface area contributed by atoms with Crippen LogP contribution in [0, 0.1) is 6.92 Å². The predicted octanol–water partition coefficient (Wildman–Crippen LogP) is 3.49. The molecule has 0 radical (unpaired) electrons. The summed E-state index contributed by atoms with van der Waals surface area (Å²) in [4.78, 5) is 23.5. The van der Waals surface area contributed by atoms with Crippen LogP contribution in [-0.2, 0) is 22.3 Å². The minimum Gasteiger partial charge on any atom is -0.459 e. The maximum atomic E-state index is 12.8. The lowest BCUT2D eigenvalue weighted by molar-refractivity contribution is -0.146. The first-order chi connectivity index (χ1) is 11.8. The Morgan fingerprint density at radius 1 is 1.04 bits per heavy atom. The van der Waals surface area contributed by atoms with Gasteiger partial charge in [0.1, 0.15) is 13.2 Å². The predicted molar refractivity (Wildman–Crippen MR) is 84.8 cm³/mol. The van der Waals surface area contributed by atoms with Crippen molar-refractivity contribution in [2.75, 3.05) is 6.54 Å². The number of rotatable bonds is 5. The molecule has 2 aromatic rings. The van der Waals surface area contributed by atoms with E-state index in [0.29, 0.717) is 5.56 Å². The van der Waals surface area contributed by atoms with Crippen LogP contribution in [0.3, 0.4) is 0 Å². The van der Waals surface area contributed by atoms with Gasteiger partial charge < -0.3 is 10.1 Å². The van der Waals surface area contributed by atoms with Crippen LogP contribution in [0.4, 0.5) is 13.2 Å². The van der Waals surface area contributed by atoms with Crippen molar-refractivity contribution in [1.29, 1.82) is 0 Å². The number of hydrogen-bond acceptors (Lipinski definition) is 3. The Hall–Kier alpha value is -2.83. The Kier molecular flexibility index (Phi) is 5.80. The van der Waals surface area contributed by atoms with Gasteiger partial charge in [0, 0.05) is 11.1 Å². The van der Waals surface area contributed by atoms with Crippen LogP contribution >= 0.6 is 0 Å². The van der Waals surface area contributed by atoms with Crippen molar-refractivity contribution in [2.45, 2.75) is 19.7 Å². The van der Waals surface area contributed by atoms with E-state index in [-0.39, 0.29) is 5.56 Å². The van der Waals surface area contributed by atoms with Crippen LogP contribution in [0.25, 0.3) is 0 Å². The van der Waals surface area contributed by atoms with E-state index in [2.05, 4.69) is 5.32 Å². The zero-order chi connectivity index (χ0) is 18.4. The van der Waals surface area contributed by atoms with Crippen LogP contribution in [0.15, 0.2) is 48.5 Å². The lowest BCUT2D eigenvalue weighted by Gasteiger charge is -2.13. The van der Waals surface area contributed by atoms with Gasteiger partial charge in [-0.1, -0.05) is 35.9 Å². The minimum atomic E-state index is -4.53. The molecule has 1 amide bonds. The number of ether oxygens (including phenoxy) is 1. The molecule has 0 bridgehead atoms. The third-order valence-corrected chi connectivity index (χ3v) is 3.42. The smallest absolute Gasteiger partial charge is 0.416 e. The number of nitrogens with one attached hydrogen (secondary N) is 1. The average molecular weight is 351 g/mol. The molecule has 2 rings (SSSR count). The molecule has 2 aromatic carbocycles. The summed E-state index contributed by atoms with van der Waals surface area (Å²) >= 11 is 0. The molecule has 4 nitrogen and oxygen atoms in total. The summed E-state index contributed by atoms with van der Waals surface area (Å²) in [6, 6.07) is 11.6. The fourth-order valence-electron chi connectivity index (χ4n) is 2.09. The zero-order valence-electron chi connectivity index (χ0n) is 13.4. The molecule has 0 saturated heterocycles. The van der Waals surface area contributed by atoms with E-state index in [4.69, 9.17) is 4.74 Å². The highest BCUT2D eigenvalue weighted by atomic mass is 19.4. The first-order valence-corrected chi connectivity index (χ1v) is 7.43. The highest BCUT2D eigenvalue weighted by Gasteiger charge is 2.33. The van der Waals surface area contributed by atoms with Crippen molar-refractivity contribution in [1.82, 2.24) is 5.32 Å². The molecule has 0 heterocycles. The van der Waals surface area contributed by atoms with E-state index in [9.17, 15) is 22.8 Å². The Morgan fingerprint density at radius 3 is 2.32 bits per heavy atom. The summed E-state index contributed by atoms with van der Waals surface area (Å²) < 4.78 is 43.4. The fraction of sp³-hybridized carbons (Fsp3) is 0.222. The maximum Gasteiger partial charge on any atom is 0.416 e. The van der Waals surface area contributed by atoms with E-state index < -0.39 is 36.8 Å². The van der Waals surface area contributed by atoms with Gasteiger partial charge in [-0.3, -0.25) is 9.59 Å². The number of benzene rings is 2. The third-order valence-electron chi connectivity index (χ3n) is 3.42. The van der Waals surface area contributed by atoms with Gasteiger partial charge in [-0.25, -0.2) is 0 Å². The third kappa shape index (κ3) is 5.34. The van der Waals surface area contributed by atoms with Gasteiger partial charge in [-0.2, -0.15) is 13.2 Å². The molecule has 25 heavy (non-hydrogen) atoms. The molecule has 132 valence electrons. The summed E-state index contributed by atoms with van der Waals surface area (Å²) in [5, 5.41) is 2.36. The van der Waals surface area contributed by atoms with Gasteiger partial charge >= 0.3 is 12.1 Å². The lowest BCUT2D eigenvalue weighted by atomic mass is 10.1. The van der Waals surface area contributed by atoms with Gasteiger partial charge in [-0.05, 0) is 25.1 Å². The number of carbonyl (C=O) groups excluding carboxylic acids is 2. The molecule has 0 atom stereocenters. The molecular formula is C18H16F3NO3. The van der Waals surface area contributed by atoms with Crippen molar-refractivity contribution >= 4 is 11.9 Å². The number of hydrogen-bond donors (Lipinski definition) is 1. The minimum absolute atomic E-state index is 0.145. The second-order valence-corrected chi connectivity index (χ2v) is 5.36. The van der Waals surface area contributed by atoms with Crippen LogP contribution in [0.5, 0.6) is 0 Å². The molecule has 7 heteroatoms. The quantitative estimate of drug-likeness (QED) is 0.839. The van der Waals surface area contributed by atoms with Crippen molar-refractivity contribution < 1.29 is 27.5 Å². The van der Waals surface area contributed by atoms with Gasteiger partial charge in [0.15, 0.2) is 0 Å². The van der Waals surface area contributed by atoms with Crippen molar-refractivity contribution in [3.05, 3.63) is 70.8 Å². The Balaban J connectivity index is 1.87. The molecule has 0 aliphatic heterocycles. The van der Waals surface area contributed by atoms with Crippen LogP contribution in [0.1, 0.15) is 27.0 Å². The van der Waals surface area contributed by atoms with E-state index >= 15 is 0 Å². The summed E-state index contributed by atoms with van der Waals surface area (Å²) in [7, 11) is 0. The summed E-state index contributed by atoms with van der Waals surface area (Å²) in [5.74, 6) is -1.29. The molecule has 1 N–H and O–H groups in total. The van der Waals surface area contributed by atoms with Crippen LogP contribution in [-0.4, -0.2) is 18.4 Å². The van der Waals surface area contributed by atoms with Crippen molar-refractivity contribution in [3.8, 4) is 0 Å². The SMILES string of the molecule is Cc1ccc(C(=O)NCC(=O)OCc2ccccc2C(F)(F)F)cc1. The lowest BCUT2D eigenvalue weighted by Crippen LogP contribution is -2.30. The first-order valence-electron chi connectivity index (χ1n) is 7.43. The van der Waals surface area contributed by atoms with Gasteiger partial charge in [0.2, 0.25) is 0 Å². The summed E-state index contributed by atoms with van der Waals surface area (Å²) in [6.45, 7) is 0.924. The largest absolute Gasteiger partial charge is 0.459 e. The Morgan fingerprint density at radius 2 is 1.68 bits per heavy atom. The van der Waals surface area contributed by atoms with Crippen molar-refractivity contribution in [2.24, 2.45) is 0 Å². The summed E-state index contributed by atoms with van der Waals surface area (Å²) in [6.07, 6.45) is -4.53. The number of alkyl halides is 3. The standard InChI is InChI=1S/C18H16F3NO3/c1-12-6-8-13(9-7-12)17(24)22-10-16(23)25-11-14-4-2-3-5-15(14)18(19,20)21/h2-9H,10-11H2,1H3,(H,22,24). The molecule has 0 aromatic heterocycles. The number of carbonyl (C=O) groups is 2. The van der Waals surface area contributed by atoms with Gasteiger partial charge in [0.25, 0.3) is 5.91 Å². The normalized spacial score (nSPS) is 11.0. The van der Waals surface area contributed by atoms with Crippen LogP contribution in [0.2, 0.25) is 0 Å². The van der Waals surface area contributed by atoms with E-state index in [0.717, 1.165) is 11.6 Å². The monoisotopic (exact) mass is 351 g/mol. The summed E-state index contributed by atoms with van der Waals surface area (Å²) in [5.41, 5.74) is 0.361. The number of amides is 1. The second-order valence-electron chi connectivity index (χ2n) is 5.36. The molecule has 0 fully saturated rings. The first kappa shape index (κ1) is 18.5. The fourth-order valence-corrected chi connectivity index (χ4v) is 2.09. The number of aryl methyl sites for hydroxylation is 1. The zero-order valence-corrected chi connectivity index (χ0v) is 13.4. The molecule has 0 spiro atoms. The molecule has 0 aliphatic carbocycles. The topological polar surface area (TPSA) is 55.4 Å². The molecule has 0 unspecified atom stereocenters. The molecule has 0 saturated carbocycles. The van der Waals surface area contributed by atoms with Gasteiger partial charge in [-0.15, -0.1) is 0 Å². The van der Waals surface area contributed by atoms with E-state index in [1.54, 1.807) is 24.3 Å². The highest BCUT2D eigenvalue weighted by molar-refractivity contribution is 5.95.